The molecule has 5 atom stereocenters. The molecule has 0 radical (unpaired) electrons. The van der Waals surface area contributed by atoms with Crippen molar-refractivity contribution in [1.29, 1.82) is 0 Å². The van der Waals surface area contributed by atoms with E-state index in [0.29, 0.717) is 0 Å². The number of likely N-dealkylation sites (tertiary alicyclic amines) is 1. The topological polar surface area (TPSA) is 99.6 Å². The maximum absolute atomic E-state index is 13.3. The van der Waals surface area contributed by atoms with E-state index in [0.717, 1.165) is 16.9 Å². The van der Waals surface area contributed by atoms with Gasteiger partial charge in [-0.2, -0.15) is 0 Å². The first-order valence-corrected chi connectivity index (χ1v) is 10.1. The molecule has 7 heteroatoms. The zero-order chi connectivity index (χ0) is 20.8. The molecule has 0 spiro atoms. The van der Waals surface area contributed by atoms with Gasteiger partial charge in [0.25, 0.3) is 0 Å². The average molecular weight is 403 g/mol. The standard InChI is InChI=1S/C23H21N3O4/c27-17-7-4-10-24-20(17)25-21(28)16(11-13-5-2-1-3-6-13)26-22(29)18-14-8-9-15(12-14)19(18)23(26)30/h1-10,14-16,18-19,27H,11-12H2,(H,24,25,28)/t14-,15-,16-,18-,19+/m0/s1. The number of pyridine rings is 1. The van der Waals surface area contributed by atoms with Gasteiger partial charge in [0.05, 0.1) is 11.8 Å². The van der Waals surface area contributed by atoms with E-state index in [-0.39, 0.29) is 53.5 Å². The van der Waals surface area contributed by atoms with Gasteiger partial charge in [0, 0.05) is 12.6 Å². The lowest BCUT2D eigenvalue weighted by Gasteiger charge is -2.27. The van der Waals surface area contributed by atoms with Crippen LogP contribution in [0.3, 0.4) is 0 Å². The molecule has 2 aromatic rings. The molecular weight excluding hydrogens is 382 g/mol. The third-order valence-electron chi connectivity index (χ3n) is 6.42. The molecule has 7 nitrogen and oxygen atoms in total. The smallest absolute Gasteiger partial charge is 0.249 e. The Labute approximate surface area is 173 Å². The van der Waals surface area contributed by atoms with Gasteiger partial charge < -0.3 is 10.4 Å². The summed E-state index contributed by atoms with van der Waals surface area (Å²) in [6.45, 7) is 0. The highest BCUT2D eigenvalue weighted by molar-refractivity contribution is 6.11. The third-order valence-corrected chi connectivity index (χ3v) is 6.42. The van der Waals surface area contributed by atoms with Gasteiger partial charge in [-0.15, -0.1) is 0 Å². The molecule has 30 heavy (non-hydrogen) atoms. The van der Waals surface area contributed by atoms with Crippen LogP contribution in [0.15, 0.2) is 60.8 Å². The fourth-order valence-corrected chi connectivity index (χ4v) is 5.06. The minimum absolute atomic E-state index is 0.00147. The minimum Gasteiger partial charge on any atom is -0.504 e. The normalized spacial score (nSPS) is 27.4. The summed E-state index contributed by atoms with van der Waals surface area (Å²) in [4.78, 5) is 44.9. The van der Waals surface area contributed by atoms with Gasteiger partial charge in [-0.05, 0) is 36.0 Å². The van der Waals surface area contributed by atoms with E-state index < -0.39 is 11.9 Å². The largest absolute Gasteiger partial charge is 0.504 e. The lowest BCUT2D eigenvalue weighted by Crippen LogP contribution is -2.49. The summed E-state index contributed by atoms with van der Waals surface area (Å²) in [7, 11) is 0. The van der Waals surface area contributed by atoms with Gasteiger partial charge in [0.15, 0.2) is 11.6 Å². The summed E-state index contributed by atoms with van der Waals surface area (Å²) < 4.78 is 0. The van der Waals surface area contributed by atoms with Crippen LogP contribution in [0, 0.1) is 23.7 Å². The molecule has 2 heterocycles. The number of fused-ring (bicyclic) bond motifs is 5. The number of anilines is 1. The zero-order valence-electron chi connectivity index (χ0n) is 16.1. The molecule has 1 aromatic heterocycles. The first kappa shape index (κ1) is 18.5. The van der Waals surface area contributed by atoms with Gasteiger partial charge in [-0.1, -0.05) is 42.5 Å². The van der Waals surface area contributed by atoms with Crippen LogP contribution in [-0.4, -0.2) is 38.8 Å². The Morgan fingerprint density at radius 2 is 1.73 bits per heavy atom. The summed E-state index contributed by atoms with van der Waals surface area (Å²) in [6.07, 6.45) is 6.52. The Hall–Kier alpha value is -3.48. The summed E-state index contributed by atoms with van der Waals surface area (Å²) in [6, 6.07) is 11.2. The SMILES string of the molecule is O=C(Nc1ncccc1O)[C@H](Cc1ccccc1)N1C(=O)[C@@H]2[C@H](C1=O)[C@H]1C=C[C@H]2C1. The molecule has 152 valence electrons. The van der Waals surface area contributed by atoms with Crippen LogP contribution in [0.25, 0.3) is 0 Å². The van der Waals surface area contributed by atoms with E-state index in [4.69, 9.17) is 0 Å². The predicted octanol–water partition coefficient (Wildman–Crippen LogP) is 2.14. The number of nitrogens with one attached hydrogen (secondary N) is 1. The number of carbonyl (C=O) groups excluding carboxylic acids is 3. The summed E-state index contributed by atoms with van der Waals surface area (Å²) in [5, 5.41) is 12.6. The van der Waals surface area contributed by atoms with Crippen molar-refractivity contribution in [3.63, 3.8) is 0 Å². The number of benzene rings is 1. The Kier molecular flexibility index (Phi) is 4.38. The number of hydrogen-bond donors (Lipinski definition) is 2. The molecule has 1 aliphatic heterocycles. The van der Waals surface area contributed by atoms with Crippen LogP contribution in [0.4, 0.5) is 5.82 Å². The Morgan fingerprint density at radius 3 is 2.37 bits per heavy atom. The van der Waals surface area contributed by atoms with E-state index >= 15 is 0 Å². The highest BCUT2D eigenvalue weighted by Crippen LogP contribution is 2.53. The number of amides is 3. The van der Waals surface area contributed by atoms with Crippen LogP contribution in [-0.2, 0) is 20.8 Å². The number of rotatable bonds is 5. The lowest BCUT2D eigenvalue weighted by molar-refractivity contribution is -0.147. The first-order chi connectivity index (χ1) is 14.5. The quantitative estimate of drug-likeness (QED) is 0.589. The van der Waals surface area contributed by atoms with Gasteiger partial charge in [-0.3, -0.25) is 19.3 Å². The highest BCUT2D eigenvalue weighted by atomic mass is 16.3. The van der Waals surface area contributed by atoms with E-state index in [2.05, 4.69) is 10.3 Å². The number of nitrogens with zero attached hydrogens (tertiary/aromatic N) is 2. The van der Waals surface area contributed by atoms with Crippen molar-refractivity contribution in [2.75, 3.05) is 5.32 Å². The average Bonchev–Trinajstić information content (AvgIpc) is 3.43. The third kappa shape index (κ3) is 2.89. The molecular formula is C23H21N3O4. The number of hydrogen-bond acceptors (Lipinski definition) is 5. The Balaban J connectivity index is 1.47. The lowest BCUT2D eigenvalue weighted by atomic mass is 9.85. The monoisotopic (exact) mass is 403 g/mol. The van der Waals surface area contributed by atoms with Gasteiger partial charge in [-0.25, -0.2) is 4.98 Å². The van der Waals surface area contributed by atoms with Crippen LogP contribution < -0.4 is 5.32 Å². The fraction of sp³-hybridized carbons (Fsp3) is 0.304. The van der Waals surface area contributed by atoms with Crippen LogP contribution in [0.1, 0.15) is 12.0 Å². The van der Waals surface area contributed by atoms with E-state index in [9.17, 15) is 19.5 Å². The maximum atomic E-state index is 13.3. The van der Waals surface area contributed by atoms with Gasteiger partial charge in [0.1, 0.15) is 6.04 Å². The second kappa shape index (κ2) is 7.09. The van der Waals surface area contributed by atoms with Crippen molar-refractivity contribution in [2.45, 2.75) is 18.9 Å². The molecule has 5 rings (SSSR count). The number of aromatic nitrogens is 1. The summed E-state index contributed by atoms with van der Waals surface area (Å²) in [5.74, 6) is -1.88. The van der Waals surface area contributed by atoms with Crippen molar-refractivity contribution < 1.29 is 19.5 Å². The van der Waals surface area contributed by atoms with Crippen molar-refractivity contribution in [3.8, 4) is 5.75 Å². The molecule has 2 N–H and O–H groups in total. The molecule has 3 aliphatic rings. The number of allylic oxidation sites excluding steroid dienone is 2. The van der Waals surface area contributed by atoms with E-state index in [1.165, 1.54) is 12.3 Å². The van der Waals surface area contributed by atoms with Crippen LogP contribution in [0.5, 0.6) is 5.75 Å². The van der Waals surface area contributed by atoms with Crippen LogP contribution >= 0.6 is 0 Å². The second-order valence-corrected chi connectivity index (χ2v) is 8.11. The van der Waals surface area contributed by atoms with Gasteiger partial charge in [0.2, 0.25) is 17.7 Å². The molecule has 2 aliphatic carbocycles. The van der Waals surface area contributed by atoms with Crippen molar-refractivity contribution >= 4 is 23.5 Å². The maximum Gasteiger partial charge on any atom is 0.249 e. The summed E-state index contributed by atoms with van der Waals surface area (Å²) >= 11 is 0. The Bertz CT molecular complexity index is 1020. The first-order valence-electron chi connectivity index (χ1n) is 10.1. The van der Waals surface area contributed by atoms with Gasteiger partial charge >= 0.3 is 0 Å². The van der Waals surface area contributed by atoms with Crippen molar-refractivity contribution in [2.24, 2.45) is 23.7 Å². The summed E-state index contributed by atoms with van der Waals surface area (Å²) in [5.41, 5.74) is 0.835. The van der Waals surface area contributed by atoms with E-state index in [1.54, 1.807) is 6.07 Å². The molecule has 2 bridgehead atoms. The van der Waals surface area contributed by atoms with Crippen molar-refractivity contribution in [3.05, 3.63) is 66.4 Å². The predicted molar refractivity (Wildman–Crippen MR) is 108 cm³/mol. The second-order valence-electron chi connectivity index (χ2n) is 8.11. The van der Waals surface area contributed by atoms with E-state index in [1.807, 2.05) is 42.5 Å². The molecule has 2 fully saturated rings. The number of carbonyl (C=O) groups is 3. The molecule has 1 saturated carbocycles. The highest BCUT2D eigenvalue weighted by Gasteiger charge is 2.61. The molecule has 1 saturated heterocycles. The Morgan fingerprint density at radius 1 is 1.07 bits per heavy atom. The van der Waals surface area contributed by atoms with Crippen molar-refractivity contribution in [1.82, 2.24) is 9.88 Å². The zero-order valence-corrected chi connectivity index (χ0v) is 16.1. The number of aromatic hydroxyl groups is 1. The van der Waals surface area contributed by atoms with Crippen LogP contribution in [0.2, 0.25) is 0 Å². The number of imide groups is 1. The molecule has 3 amide bonds. The molecule has 1 aromatic carbocycles. The fourth-order valence-electron chi connectivity index (χ4n) is 5.06. The molecule has 0 unspecified atom stereocenters. The minimum atomic E-state index is -1.01.